The highest BCUT2D eigenvalue weighted by Crippen LogP contribution is 2.24. The molecule has 0 saturated carbocycles. The minimum Gasteiger partial charge on any atom is -0.497 e. The van der Waals surface area contributed by atoms with Crippen molar-refractivity contribution in [2.45, 2.75) is 25.6 Å². The molecule has 0 fully saturated rings. The number of H-pyrrole nitrogens is 2. The molecule has 134 valence electrons. The zero-order chi connectivity index (χ0) is 18.3. The molecule has 0 unspecified atom stereocenters. The van der Waals surface area contributed by atoms with Crippen molar-refractivity contribution in [2.24, 2.45) is 0 Å². The number of hydrogen-bond donors (Lipinski definition) is 3. The molecule has 26 heavy (non-hydrogen) atoms. The Morgan fingerprint density at radius 3 is 3.04 bits per heavy atom. The Bertz CT molecular complexity index is 1040. The lowest BCUT2D eigenvalue weighted by Crippen LogP contribution is -2.45. The first-order valence-corrected chi connectivity index (χ1v) is 8.23. The molecule has 3 heterocycles. The molecule has 8 heteroatoms. The average molecular weight is 354 g/mol. The highest BCUT2D eigenvalue weighted by atomic mass is 16.5. The maximum absolute atomic E-state index is 12.5. The number of nitrogens with zero attached hydrogens (tertiary/aromatic N) is 2. The Labute approximate surface area is 148 Å². The minimum absolute atomic E-state index is 0.220. The summed E-state index contributed by atoms with van der Waals surface area (Å²) in [5, 5.41) is 10.4. The second kappa shape index (κ2) is 6.30. The average Bonchev–Trinajstić information content (AvgIpc) is 3.08. The van der Waals surface area contributed by atoms with Crippen LogP contribution in [0, 0.1) is 0 Å². The van der Waals surface area contributed by atoms with Crippen molar-refractivity contribution in [1.29, 1.82) is 0 Å². The van der Waals surface area contributed by atoms with E-state index in [0.29, 0.717) is 29.8 Å². The molecule has 0 bridgehead atoms. The number of nitrogens with one attached hydrogen (secondary N) is 2. The molecule has 1 atom stereocenters. The first kappa shape index (κ1) is 16.3. The van der Waals surface area contributed by atoms with Crippen LogP contribution < -0.4 is 10.3 Å². The number of aliphatic carboxylic acids is 1. The molecular formula is C18H18N4O4. The maximum atomic E-state index is 12.5. The monoisotopic (exact) mass is 354 g/mol. The number of carbonyl (C=O) groups is 1. The number of pyridine rings is 1. The molecule has 0 radical (unpaired) electrons. The second-order valence-electron chi connectivity index (χ2n) is 6.37. The Balaban J connectivity index is 1.70. The van der Waals surface area contributed by atoms with Gasteiger partial charge < -0.3 is 19.8 Å². The Hall–Kier alpha value is -3.13. The predicted octanol–water partition coefficient (Wildman–Crippen LogP) is 1.27. The van der Waals surface area contributed by atoms with Gasteiger partial charge in [-0.25, -0.2) is 4.98 Å². The Kier molecular flexibility index (Phi) is 3.96. The van der Waals surface area contributed by atoms with Gasteiger partial charge in [-0.15, -0.1) is 0 Å². The van der Waals surface area contributed by atoms with Gasteiger partial charge in [0, 0.05) is 36.0 Å². The fraction of sp³-hybridized carbons (Fsp3) is 0.278. The van der Waals surface area contributed by atoms with Crippen LogP contribution in [-0.2, 0) is 24.3 Å². The third-order valence-corrected chi connectivity index (χ3v) is 4.78. The van der Waals surface area contributed by atoms with E-state index in [2.05, 4.69) is 15.0 Å². The maximum Gasteiger partial charge on any atom is 0.321 e. The molecule has 8 nitrogen and oxygen atoms in total. The first-order valence-electron chi connectivity index (χ1n) is 8.23. The first-order chi connectivity index (χ1) is 12.5. The summed E-state index contributed by atoms with van der Waals surface area (Å²) >= 11 is 0. The zero-order valence-electron chi connectivity index (χ0n) is 14.2. The summed E-state index contributed by atoms with van der Waals surface area (Å²) in [6.45, 7) is 0.639. The van der Waals surface area contributed by atoms with Gasteiger partial charge in [0.1, 0.15) is 11.8 Å². The van der Waals surface area contributed by atoms with Crippen molar-refractivity contribution < 1.29 is 14.6 Å². The number of hydrogen-bond acceptors (Lipinski definition) is 5. The van der Waals surface area contributed by atoms with Crippen LogP contribution in [0.1, 0.15) is 17.0 Å². The number of rotatable bonds is 4. The van der Waals surface area contributed by atoms with E-state index in [1.54, 1.807) is 36.5 Å². The topological polar surface area (TPSA) is 111 Å². The number of carboxylic acid groups (broad SMARTS) is 1. The quantitative estimate of drug-likeness (QED) is 0.651. The van der Waals surface area contributed by atoms with Gasteiger partial charge in [0.25, 0.3) is 5.56 Å². The lowest BCUT2D eigenvalue weighted by atomic mass is 10.0. The largest absolute Gasteiger partial charge is 0.497 e. The molecule has 3 N–H and O–H groups in total. The molecule has 0 aliphatic carbocycles. The summed E-state index contributed by atoms with van der Waals surface area (Å²) < 4.78 is 5.23. The van der Waals surface area contributed by atoms with Gasteiger partial charge in [-0.05, 0) is 24.3 Å². The van der Waals surface area contributed by atoms with Crippen LogP contribution in [0.15, 0.2) is 35.4 Å². The van der Waals surface area contributed by atoms with Gasteiger partial charge in [0.15, 0.2) is 0 Å². The summed E-state index contributed by atoms with van der Waals surface area (Å²) in [5.41, 5.74) is 2.67. The molecule has 4 rings (SSSR count). The van der Waals surface area contributed by atoms with Crippen LogP contribution in [0.2, 0.25) is 0 Å². The van der Waals surface area contributed by atoms with Gasteiger partial charge in [0.05, 0.1) is 24.8 Å². The van der Waals surface area contributed by atoms with Crippen LogP contribution in [0.25, 0.3) is 10.9 Å². The second-order valence-corrected chi connectivity index (χ2v) is 6.37. The summed E-state index contributed by atoms with van der Waals surface area (Å²) in [6.07, 6.45) is 1.88. The van der Waals surface area contributed by atoms with E-state index in [1.165, 1.54) is 0 Å². The van der Waals surface area contributed by atoms with Crippen molar-refractivity contribution in [3.05, 3.63) is 57.9 Å². The molecule has 1 aromatic carbocycles. The number of imidazole rings is 1. The molecule has 3 aromatic rings. The van der Waals surface area contributed by atoms with Crippen molar-refractivity contribution in [1.82, 2.24) is 19.9 Å². The van der Waals surface area contributed by atoms with Crippen LogP contribution >= 0.6 is 0 Å². The smallest absolute Gasteiger partial charge is 0.321 e. The summed E-state index contributed by atoms with van der Waals surface area (Å²) in [5.74, 6) is -0.225. The molecule has 0 spiro atoms. The minimum atomic E-state index is -0.919. The molecule has 1 aliphatic heterocycles. The predicted molar refractivity (Wildman–Crippen MR) is 94.1 cm³/mol. The molecular weight excluding hydrogens is 336 g/mol. The van der Waals surface area contributed by atoms with E-state index in [1.807, 2.05) is 6.07 Å². The number of carboxylic acids is 1. The summed E-state index contributed by atoms with van der Waals surface area (Å²) in [7, 11) is 1.58. The highest BCUT2D eigenvalue weighted by molar-refractivity contribution is 5.80. The molecule has 0 amide bonds. The normalized spacial score (nSPS) is 17.2. The SMILES string of the molecule is COc1ccc2[nH]c(=O)c(CN3Cc4[nH]cnc4C[C@H]3C(=O)O)cc2c1. The standard InChI is InChI=1S/C18H18N4O4/c1-26-12-2-3-13-10(5-12)4-11(17(23)21-13)7-22-8-15-14(19-9-20-15)6-16(22)18(24)25/h2-5,9,16H,6-8H2,1H3,(H,19,20)(H,21,23)(H,24,25)/t16-/m0/s1. The Morgan fingerprint density at radius 2 is 2.27 bits per heavy atom. The number of fused-ring (bicyclic) bond motifs is 2. The van der Waals surface area contributed by atoms with Crippen LogP contribution in [0.3, 0.4) is 0 Å². The van der Waals surface area contributed by atoms with Crippen LogP contribution in [0.4, 0.5) is 0 Å². The van der Waals surface area contributed by atoms with Gasteiger partial charge in [0.2, 0.25) is 0 Å². The van der Waals surface area contributed by atoms with Gasteiger partial charge in [-0.1, -0.05) is 0 Å². The third-order valence-electron chi connectivity index (χ3n) is 4.78. The third kappa shape index (κ3) is 2.84. The van der Waals surface area contributed by atoms with E-state index in [4.69, 9.17) is 4.74 Å². The Morgan fingerprint density at radius 1 is 1.42 bits per heavy atom. The van der Waals surface area contributed by atoms with E-state index in [-0.39, 0.29) is 12.1 Å². The van der Waals surface area contributed by atoms with E-state index >= 15 is 0 Å². The highest BCUT2D eigenvalue weighted by Gasteiger charge is 2.33. The van der Waals surface area contributed by atoms with E-state index in [9.17, 15) is 14.7 Å². The lowest BCUT2D eigenvalue weighted by molar-refractivity contribution is -0.144. The van der Waals surface area contributed by atoms with Gasteiger partial charge in [-0.2, -0.15) is 0 Å². The van der Waals surface area contributed by atoms with Crippen molar-refractivity contribution in [2.75, 3.05) is 7.11 Å². The number of benzene rings is 1. The fourth-order valence-corrected chi connectivity index (χ4v) is 3.39. The van der Waals surface area contributed by atoms with E-state index in [0.717, 1.165) is 16.8 Å². The number of ether oxygens (including phenoxy) is 1. The van der Waals surface area contributed by atoms with E-state index < -0.39 is 12.0 Å². The summed E-state index contributed by atoms with van der Waals surface area (Å²) in [4.78, 5) is 36.0. The van der Waals surface area contributed by atoms with Crippen LogP contribution in [0.5, 0.6) is 5.75 Å². The number of aromatic amines is 2. The number of methoxy groups -OCH3 is 1. The van der Waals surface area contributed by atoms with Crippen molar-refractivity contribution >= 4 is 16.9 Å². The fourth-order valence-electron chi connectivity index (χ4n) is 3.39. The van der Waals surface area contributed by atoms with Gasteiger partial charge in [-0.3, -0.25) is 14.5 Å². The summed E-state index contributed by atoms with van der Waals surface area (Å²) in [6, 6.07) is 6.48. The van der Waals surface area contributed by atoms with Crippen LogP contribution in [-0.4, -0.2) is 44.1 Å². The van der Waals surface area contributed by atoms with Crippen molar-refractivity contribution in [3.63, 3.8) is 0 Å². The number of aromatic nitrogens is 3. The van der Waals surface area contributed by atoms with Crippen molar-refractivity contribution in [3.8, 4) is 5.75 Å². The molecule has 1 aliphatic rings. The van der Waals surface area contributed by atoms with Gasteiger partial charge >= 0.3 is 5.97 Å². The molecule has 2 aromatic heterocycles. The lowest BCUT2D eigenvalue weighted by Gasteiger charge is -2.32. The molecule has 0 saturated heterocycles. The zero-order valence-corrected chi connectivity index (χ0v) is 14.2.